The number of carbonyl (C=O) groups excluding carboxylic acids is 2. The zero-order valence-corrected chi connectivity index (χ0v) is 21.1. The van der Waals surface area contributed by atoms with E-state index < -0.39 is 5.91 Å². The van der Waals surface area contributed by atoms with Crippen molar-refractivity contribution < 1.29 is 9.59 Å². The first-order chi connectivity index (χ1) is 18.1. The Balaban J connectivity index is 1.17. The van der Waals surface area contributed by atoms with Crippen LogP contribution in [-0.4, -0.2) is 88.3 Å². The van der Waals surface area contributed by atoms with Gasteiger partial charge in [0.25, 0.3) is 5.91 Å². The molecule has 11 heteroatoms. The fourth-order valence-corrected chi connectivity index (χ4v) is 5.86. The maximum Gasteiger partial charge on any atom is 0.320 e. The summed E-state index contributed by atoms with van der Waals surface area (Å²) in [6, 6.07) is 8.98. The van der Waals surface area contributed by atoms with Gasteiger partial charge in [-0.3, -0.25) is 4.79 Å². The van der Waals surface area contributed by atoms with Crippen LogP contribution in [0.4, 0.5) is 22.2 Å². The molecule has 3 aliphatic heterocycles. The quantitative estimate of drug-likeness (QED) is 0.521. The average molecular weight is 506 g/mol. The minimum atomic E-state index is -0.681. The second-order valence-corrected chi connectivity index (χ2v) is 10.6. The van der Waals surface area contributed by atoms with E-state index in [0.29, 0.717) is 30.3 Å². The normalized spacial score (nSPS) is 23.0. The lowest BCUT2D eigenvalue weighted by Crippen LogP contribution is -2.50. The number of amides is 3. The molecule has 1 aromatic heterocycles. The maximum atomic E-state index is 13.0. The van der Waals surface area contributed by atoms with E-state index in [0.717, 1.165) is 76.9 Å². The Bertz CT molecular complexity index is 1150. The van der Waals surface area contributed by atoms with Gasteiger partial charge in [-0.05, 0) is 75.2 Å². The van der Waals surface area contributed by atoms with Crippen molar-refractivity contribution in [3.63, 3.8) is 0 Å². The SMILES string of the molecule is NC(=O)c1nnc(N2CCCC(N3CCN(C4CC4)C3=O)C2)nc1Nc1ccc(C2CCNCC2)cc1. The van der Waals surface area contributed by atoms with Gasteiger partial charge in [0.05, 0.1) is 6.04 Å². The second kappa shape index (κ2) is 10.1. The van der Waals surface area contributed by atoms with Crippen molar-refractivity contribution in [1.29, 1.82) is 0 Å². The number of primary amides is 1. The Hall–Kier alpha value is -3.47. The van der Waals surface area contributed by atoms with Crippen molar-refractivity contribution in [2.24, 2.45) is 5.73 Å². The number of anilines is 3. The van der Waals surface area contributed by atoms with Crippen LogP contribution in [-0.2, 0) is 0 Å². The number of aromatic nitrogens is 3. The van der Waals surface area contributed by atoms with Crippen LogP contribution < -0.4 is 21.3 Å². The van der Waals surface area contributed by atoms with Crippen molar-refractivity contribution in [2.75, 3.05) is 49.5 Å². The van der Waals surface area contributed by atoms with E-state index in [9.17, 15) is 9.59 Å². The number of nitrogens with two attached hydrogens (primary N) is 1. The fourth-order valence-electron chi connectivity index (χ4n) is 5.86. The average Bonchev–Trinajstić information content (AvgIpc) is 3.70. The number of urea groups is 1. The van der Waals surface area contributed by atoms with E-state index in [1.54, 1.807) is 0 Å². The molecule has 4 N–H and O–H groups in total. The fraction of sp³-hybridized carbons (Fsp3) is 0.577. The van der Waals surface area contributed by atoms with Crippen molar-refractivity contribution in [2.45, 2.75) is 56.5 Å². The third kappa shape index (κ3) is 5.04. The zero-order chi connectivity index (χ0) is 25.4. The van der Waals surface area contributed by atoms with Gasteiger partial charge in [-0.25, -0.2) is 4.79 Å². The topological polar surface area (TPSA) is 133 Å². The summed E-state index contributed by atoms with van der Waals surface area (Å²) >= 11 is 0. The summed E-state index contributed by atoms with van der Waals surface area (Å²) in [6.45, 7) is 5.09. The molecule has 1 aromatic carbocycles. The van der Waals surface area contributed by atoms with Gasteiger partial charge in [0.15, 0.2) is 11.5 Å². The van der Waals surface area contributed by atoms with Crippen molar-refractivity contribution >= 4 is 29.4 Å². The van der Waals surface area contributed by atoms with Crippen LogP contribution >= 0.6 is 0 Å². The lowest BCUT2D eigenvalue weighted by molar-refractivity contribution is 0.0995. The van der Waals surface area contributed by atoms with Crippen LogP contribution in [0.25, 0.3) is 0 Å². The third-order valence-electron chi connectivity index (χ3n) is 8.07. The first-order valence-corrected chi connectivity index (χ1v) is 13.5. The summed E-state index contributed by atoms with van der Waals surface area (Å²) in [5.41, 5.74) is 7.73. The van der Waals surface area contributed by atoms with E-state index in [1.807, 2.05) is 21.9 Å². The number of rotatable bonds is 7. The molecule has 2 aromatic rings. The van der Waals surface area contributed by atoms with E-state index >= 15 is 0 Å². The Morgan fingerprint density at radius 1 is 0.946 bits per heavy atom. The van der Waals surface area contributed by atoms with Gasteiger partial charge in [-0.1, -0.05) is 12.1 Å². The van der Waals surface area contributed by atoms with E-state index in [4.69, 9.17) is 5.73 Å². The largest absolute Gasteiger partial charge is 0.364 e. The van der Waals surface area contributed by atoms with Gasteiger partial charge >= 0.3 is 6.03 Å². The third-order valence-corrected chi connectivity index (χ3v) is 8.07. The molecular formula is C26H35N9O2. The molecule has 37 heavy (non-hydrogen) atoms. The maximum absolute atomic E-state index is 13.0. The Kier molecular flexibility index (Phi) is 6.54. The Morgan fingerprint density at radius 3 is 2.38 bits per heavy atom. The Labute approximate surface area is 216 Å². The van der Waals surface area contributed by atoms with Crippen LogP contribution in [0.2, 0.25) is 0 Å². The number of piperidine rings is 2. The summed E-state index contributed by atoms with van der Waals surface area (Å²) in [4.78, 5) is 35.8. The minimum absolute atomic E-state index is 0.00883. The molecule has 0 spiro atoms. The minimum Gasteiger partial charge on any atom is -0.364 e. The lowest BCUT2D eigenvalue weighted by atomic mass is 9.90. The highest BCUT2D eigenvalue weighted by Crippen LogP contribution is 2.32. The zero-order valence-electron chi connectivity index (χ0n) is 21.1. The first kappa shape index (κ1) is 23.9. The van der Waals surface area contributed by atoms with Crippen LogP contribution in [0.1, 0.15) is 60.5 Å². The van der Waals surface area contributed by atoms with Crippen LogP contribution in [0, 0.1) is 0 Å². The summed E-state index contributed by atoms with van der Waals surface area (Å²) < 4.78 is 0. The molecule has 3 saturated heterocycles. The molecule has 3 amide bonds. The molecule has 1 aliphatic carbocycles. The van der Waals surface area contributed by atoms with Gasteiger partial charge in [0.1, 0.15) is 0 Å². The molecular weight excluding hydrogens is 470 g/mol. The predicted molar refractivity (Wildman–Crippen MR) is 140 cm³/mol. The monoisotopic (exact) mass is 505 g/mol. The number of benzene rings is 1. The summed E-state index contributed by atoms with van der Waals surface area (Å²) in [7, 11) is 0. The molecule has 1 saturated carbocycles. The van der Waals surface area contributed by atoms with Crippen LogP contribution in [0.15, 0.2) is 24.3 Å². The highest BCUT2D eigenvalue weighted by atomic mass is 16.2. The van der Waals surface area contributed by atoms with Gasteiger partial charge < -0.3 is 31.1 Å². The summed E-state index contributed by atoms with van der Waals surface area (Å²) in [5, 5.41) is 15.0. The van der Waals surface area contributed by atoms with Crippen LogP contribution in [0.5, 0.6) is 0 Å². The molecule has 0 radical (unpaired) electrons. The highest BCUT2D eigenvalue weighted by molar-refractivity contribution is 5.96. The smallest absolute Gasteiger partial charge is 0.320 e. The van der Waals surface area contributed by atoms with Crippen LogP contribution in [0.3, 0.4) is 0 Å². The van der Waals surface area contributed by atoms with Gasteiger partial charge in [-0.15, -0.1) is 10.2 Å². The molecule has 1 unspecified atom stereocenters. The highest BCUT2D eigenvalue weighted by Gasteiger charge is 2.42. The lowest BCUT2D eigenvalue weighted by Gasteiger charge is -2.37. The van der Waals surface area contributed by atoms with E-state index in [-0.39, 0.29) is 17.8 Å². The second-order valence-electron chi connectivity index (χ2n) is 10.6. The van der Waals surface area contributed by atoms with Gasteiger partial charge in [-0.2, -0.15) is 4.98 Å². The summed E-state index contributed by atoms with van der Waals surface area (Å²) in [6.07, 6.45) is 6.41. The standard InChI is InChI=1S/C26H35N9O2/c27-23(36)22-24(29-19-5-3-17(4-6-19)18-9-11-28-12-10-18)30-25(32-31-22)33-13-1-2-21(16-33)35-15-14-34(26(35)37)20-7-8-20/h3-6,18,20-21,28H,1-2,7-16H2,(H2,27,36)(H,29,30,32). The molecule has 0 bridgehead atoms. The molecule has 4 heterocycles. The molecule has 11 nitrogen and oxygen atoms in total. The number of carbonyl (C=O) groups is 2. The molecule has 4 aliphatic rings. The predicted octanol–water partition coefficient (Wildman–Crippen LogP) is 2.05. The van der Waals surface area contributed by atoms with Gasteiger partial charge in [0.2, 0.25) is 5.95 Å². The summed E-state index contributed by atoms with van der Waals surface area (Å²) in [5.74, 6) is 0.620. The number of nitrogens with one attached hydrogen (secondary N) is 2. The first-order valence-electron chi connectivity index (χ1n) is 13.5. The van der Waals surface area contributed by atoms with Crippen molar-refractivity contribution in [1.82, 2.24) is 30.3 Å². The molecule has 4 fully saturated rings. The van der Waals surface area contributed by atoms with Gasteiger partial charge in [0, 0.05) is 37.9 Å². The molecule has 6 rings (SSSR count). The van der Waals surface area contributed by atoms with Crippen molar-refractivity contribution in [3.8, 4) is 0 Å². The molecule has 1 atom stereocenters. The number of hydrogen-bond acceptors (Lipinski definition) is 8. The number of hydrogen-bond donors (Lipinski definition) is 3. The van der Waals surface area contributed by atoms with E-state index in [2.05, 4.69) is 42.8 Å². The van der Waals surface area contributed by atoms with E-state index in [1.165, 1.54) is 5.56 Å². The van der Waals surface area contributed by atoms with Crippen molar-refractivity contribution in [3.05, 3.63) is 35.5 Å². The molecule has 196 valence electrons. The number of nitrogens with zero attached hydrogens (tertiary/aromatic N) is 6. The Morgan fingerprint density at radius 2 is 1.68 bits per heavy atom.